The van der Waals surface area contributed by atoms with Crippen molar-refractivity contribution in [1.29, 1.82) is 0 Å². The average molecular weight is 311 g/mol. The molecule has 1 aromatic heterocycles. The SMILES string of the molecule is COC(=O)CC1CN(C(=O)CCCc2cccs2)CCO1. The van der Waals surface area contributed by atoms with Crippen molar-refractivity contribution in [3.05, 3.63) is 22.4 Å². The molecule has 1 atom stereocenters. The van der Waals surface area contributed by atoms with Gasteiger partial charge in [-0.05, 0) is 24.3 Å². The molecule has 1 aliphatic heterocycles. The van der Waals surface area contributed by atoms with Gasteiger partial charge >= 0.3 is 5.97 Å². The fourth-order valence-corrected chi connectivity index (χ4v) is 3.12. The van der Waals surface area contributed by atoms with E-state index in [2.05, 4.69) is 16.2 Å². The number of carbonyl (C=O) groups excluding carboxylic acids is 2. The Bertz CT molecular complexity index is 460. The highest BCUT2D eigenvalue weighted by molar-refractivity contribution is 7.09. The Morgan fingerprint density at radius 2 is 2.38 bits per heavy atom. The minimum absolute atomic E-state index is 0.143. The minimum atomic E-state index is -0.299. The second-order valence-electron chi connectivity index (χ2n) is 5.05. The summed E-state index contributed by atoms with van der Waals surface area (Å²) in [7, 11) is 1.36. The number of esters is 1. The summed E-state index contributed by atoms with van der Waals surface area (Å²) in [6, 6.07) is 4.12. The first-order valence-corrected chi connectivity index (χ1v) is 8.05. The summed E-state index contributed by atoms with van der Waals surface area (Å²) in [4.78, 5) is 26.6. The summed E-state index contributed by atoms with van der Waals surface area (Å²) in [5, 5.41) is 2.05. The van der Waals surface area contributed by atoms with Crippen LogP contribution in [0.5, 0.6) is 0 Å². The van der Waals surface area contributed by atoms with Gasteiger partial charge in [0.1, 0.15) is 0 Å². The fraction of sp³-hybridized carbons (Fsp3) is 0.600. The van der Waals surface area contributed by atoms with E-state index in [1.165, 1.54) is 12.0 Å². The molecule has 1 unspecified atom stereocenters. The van der Waals surface area contributed by atoms with Crippen LogP contribution in [-0.4, -0.2) is 49.7 Å². The first kappa shape index (κ1) is 16.0. The lowest BCUT2D eigenvalue weighted by Gasteiger charge is -2.32. The van der Waals surface area contributed by atoms with Crippen LogP contribution in [0.2, 0.25) is 0 Å². The Balaban J connectivity index is 1.72. The lowest BCUT2D eigenvalue weighted by atomic mass is 10.1. The molecule has 2 heterocycles. The number of aryl methyl sites for hydroxylation is 1. The molecule has 0 spiro atoms. The quantitative estimate of drug-likeness (QED) is 0.753. The summed E-state index contributed by atoms with van der Waals surface area (Å²) in [5.74, 6) is -0.156. The number of ether oxygens (including phenoxy) is 2. The van der Waals surface area contributed by atoms with E-state index in [1.54, 1.807) is 16.2 Å². The van der Waals surface area contributed by atoms with Crippen molar-refractivity contribution in [3.8, 4) is 0 Å². The zero-order chi connectivity index (χ0) is 15.1. The van der Waals surface area contributed by atoms with E-state index in [-0.39, 0.29) is 24.4 Å². The van der Waals surface area contributed by atoms with E-state index in [4.69, 9.17) is 4.74 Å². The van der Waals surface area contributed by atoms with Crippen molar-refractivity contribution in [2.45, 2.75) is 31.8 Å². The van der Waals surface area contributed by atoms with Crippen LogP contribution in [-0.2, 0) is 25.5 Å². The molecular weight excluding hydrogens is 290 g/mol. The van der Waals surface area contributed by atoms with Crippen molar-refractivity contribution in [2.24, 2.45) is 0 Å². The molecule has 0 saturated carbocycles. The number of amides is 1. The predicted molar refractivity (Wildman–Crippen MR) is 80.2 cm³/mol. The summed E-state index contributed by atoms with van der Waals surface area (Å²) in [5.41, 5.74) is 0. The number of morpholine rings is 1. The van der Waals surface area contributed by atoms with E-state index in [0.29, 0.717) is 26.1 Å². The molecule has 0 aliphatic carbocycles. The van der Waals surface area contributed by atoms with Crippen LogP contribution < -0.4 is 0 Å². The third kappa shape index (κ3) is 5.13. The molecule has 1 aliphatic rings. The first-order valence-electron chi connectivity index (χ1n) is 7.17. The van der Waals surface area contributed by atoms with Gasteiger partial charge in [0.25, 0.3) is 0 Å². The molecule has 21 heavy (non-hydrogen) atoms. The lowest BCUT2D eigenvalue weighted by molar-refractivity contribution is -0.150. The number of thiophene rings is 1. The van der Waals surface area contributed by atoms with Gasteiger partial charge in [-0.25, -0.2) is 0 Å². The molecule has 2 rings (SSSR count). The zero-order valence-corrected chi connectivity index (χ0v) is 13.1. The highest BCUT2D eigenvalue weighted by Gasteiger charge is 2.25. The molecule has 1 fully saturated rings. The second kappa shape index (κ2) is 8.14. The van der Waals surface area contributed by atoms with Crippen molar-refractivity contribution < 1.29 is 19.1 Å². The van der Waals surface area contributed by atoms with Crippen LogP contribution in [0.25, 0.3) is 0 Å². The van der Waals surface area contributed by atoms with Gasteiger partial charge in [0, 0.05) is 24.4 Å². The Morgan fingerprint density at radius 1 is 1.52 bits per heavy atom. The fourth-order valence-electron chi connectivity index (χ4n) is 2.37. The summed E-state index contributed by atoms with van der Waals surface area (Å²) in [6.45, 7) is 1.57. The molecule has 6 heteroatoms. The monoisotopic (exact) mass is 311 g/mol. The third-order valence-electron chi connectivity index (χ3n) is 3.51. The molecular formula is C15H21NO4S. The number of carbonyl (C=O) groups is 2. The topological polar surface area (TPSA) is 55.8 Å². The highest BCUT2D eigenvalue weighted by atomic mass is 32.1. The summed E-state index contributed by atoms with van der Waals surface area (Å²) in [6.07, 6.45) is 2.31. The average Bonchev–Trinajstić information content (AvgIpc) is 3.00. The van der Waals surface area contributed by atoms with Gasteiger partial charge in [-0.2, -0.15) is 0 Å². The van der Waals surface area contributed by atoms with Gasteiger partial charge in [-0.1, -0.05) is 6.07 Å². The normalized spacial score (nSPS) is 18.5. The Hall–Kier alpha value is -1.40. The maximum absolute atomic E-state index is 12.2. The molecule has 0 bridgehead atoms. The number of hydrogen-bond acceptors (Lipinski definition) is 5. The van der Waals surface area contributed by atoms with Crippen LogP contribution in [0.3, 0.4) is 0 Å². The molecule has 5 nitrogen and oxygen atoms in total. The largest absolute Gasteiger partial charge is 0.469 e. The van der Waals surface area contributed by atoms with Gasteiger partial charge in [-0.3, -0.25) is 9.59 Å². The maximum atomic E-state index is 12.2. The highest BCUT2D eigenvalue weighted by Crippen LogP contribution is 2.14. The van der Waals surface area contributed by atoms with Gasteiger partial charge in [0.05, 0.1) is 26.2 Å². The van der Waals surface area contributed by atoms with E-state index in [0.717, 1.165) is 12.8 Å². The van der Waals surface area contributed by atoms with Crippen molar-refractivity contribution in [1.82, 2.24) is 4.90 Å². The maximum Gasteiger partial charge on any atom is 0.308 e. The molecule has 0 N–H and O–H groups in total. The molecule has 1 amide bonds. The Labute approximate surface area is 128 Å². The summed E-state index contributed by atoms with van der Waals surface area (Å²) >= 11 is 1.72. The zero-order valence-electron chi connectivity index (χ0n) is 12.2. The molecule has 1 saturated heterocycles. The van der Waals surface area contributed by atoms with Gasteiger partial charge in [0.2, 0.25) is 5.91 Å². The third-order valence-corrected chi connectivity index (χ3v) is 4.44. The number of nitrogens with zero attached hydrogens (tertiary/aromatic N) is 1. The predicted octanol–water partition coefficient (Wildman–Crippen LogP) is 1.86. The Kier molecular flexibility index (Phi) is 6.20. The van der Waals surface area contributed by atoms with E-state index < -0.39 is 0 Å². The van der Waals surface area contributed by atoms with Crippen LogP contribution in [0.15, 0.2) is 17.5 Å². The minimum Gasteiger partial charge on any atom is -0.469 e. The smallest absolute Gasteiger partial charge is 0.308 e. The molecule has 0 aromatic carbocycles. The van der Waals surface area contributed by atoms with Crippen molar-refractivity contribution >= 4 is 23.2 Å². The van der Waals surface area contributed by atoms with Crippen LogP contribution in [0.1, 0.15) is 24.1 Å². The van der Waals surface area contributed by atoms with Crippen LogP contribution >= 0.6 is 11.3 Å². The van der Waals surface area contributed by atoms with E-state index in [1.807, 2.05) is 6.07 Å². The summed E-state index contributed by atoms with van der Waals surface area (Å²) < 4.78 is 10.1. The van der Waals surface area contributed by atoms with Gasteiger partial charge in [0.15, 0.2) is 0 Å². The van der Waals surface area contributed by atoms with Crippen LogP contribution in [0.4, 0.5) is 0 Å². The molecule has 1 aromatic rings. The lowest BCUT2D eigenvalue weighted by Crippen LogP contribution is -2.46. The van der Waals surface area contributed by atoms with E-state index >= 15 is 0 Å². The number of rotatable bonds is 6. The number of hydrogen-bond donors (Lipinski definition) is 0. The van der Waals surface area contributed by atoms with Crippen molar-refractivity contribution in [3.63, 3.8) is 0 Å². The number of methoxy groups -OCH3 is 1. The van der Waals surface area contributed by atoms with Crippen molar-refractivity contribution in [2.75, 3.05) is 26.8 Å². The molecule has 116 valence electrons. The van der Waals surface area contributed by atoms with E-state index in [9.17, 15) is 9.59 Å². The molecule has 0 radical (unpaired) electrons. The van der Waals surface area contributed by atoms with Crippen LogP contribution in [0, 0.1) is 0 Å². The van der Waals surface area contributed by atoms with Gasteiger partial charge < -0.3 is 14.4 Å². The standard InChI is InChI=1S/C15H21NO4S/c1-19-15(18)10-12-11-16(7-8-20-12)14(17)6-2-4-13-5-3-9-21-13/h3,5,9,12H,2,4,6-8,10-11H2,1H3. The second-order valence-corrected chi connectivity index (χ2v) is 6.08. The van der Waals surface area contributed by atoms with Gasteiger partial charge in [-0.15, -0.1) is 11.3 Å². The first-order chi connectivity index (χ1) is 10.2. The Morgan fingerprint density at radius 3 is 3.10 bits per heavy atom.